The zero-order valence-corrected chi connectivity index (χ0v) is 12.5. The van der Waals surface area contributed by atoms with Crippen LogP contribution in [0.2, 0.25) is 5.02 Å². The zero-order chi connectivity index (χ0) is 14.7. The molecule has 21 heavy (non-hydrogen) atoms. The van der Waals surface area contributed by atoms with Gasteiger partial charge in [0.2, 0.25) is 5.95 Å². The van der Waals surface area contributed by atoms with Gasteiger partial charge in [-0.3, -0.25) is 0 Å². The van der Waals surface area contributed by atoms with E-state index in [2.05, 4.69) is 22.4 Å². The van der Waals surface area contributed by atoms with Crippen LogP contribution >= 0.6 is 11.6 Å². The lowest BCUT2D eigenvalue weighted by molar-refractivity contribution is 0.907. The highest BCUT2D eigenvalue weighted by atomic mass is 35.5. The maximum Gasteiger partial charge on any atom is 0.203 e. The second kappa shape index (κ2) is 6.02. The van der Waals surface area contributed by atoms with E-state index in [1.165, 1.54) is 5.56 Å². The lowest BCUT2D eigenvalue weighted by Crippen LogP contribution is -2.05. The number of anilines is 1. The minimum Gasteiger partial charge on any atom is -0.352 e. The Morgan fingerprint density at radius 3 is 2.48 bits per heavy atom. The molecular weight excluding hydrogens is 282 g/mol. The van der Waals surface area contributed by atoms with Crippen molar-refractivity contribution >= 4 is 17.5 Å². The summed E-state index contributed by atoms with van der Waals surface area (Å²) in [7, 11) is 2.00. The van der Waals surface area contributed by atoms with Crippen LogP contribution in [-0.2, 0) is 13.6 Å². The fourth-order valence-corrected chi connectivity index (χ4v) is 2.37. The van der Waals surface area contributed by atoms with Gasteiger partial charge in [-0.15, -0.1) is 0 Å². The number of benzene rings is 2. The van der Waals surface area contributed by atoms with Crippen LogP contribution in [0.3, 0.4) is 0 Å². The van der Waals surface area contributed by atoms with Crippen LogP contribution in [0.15, 0.2) is 60.8 Å². The quantitative estimate of drug-likeness (QED) is 0.776. The molecule has 0 amide bonds. The highest BCUT2D eigenvalue weighted by molar-refractivity contribution is 6.30. The lowest BCUT2D eigenvalue weighted by atomic mass is 10.2. The first-order valence-corrected chi connectivity index (χ1v) is 7.17. The van der Waals surface area contributed by atoms with Crippen molar-refractivity contribution in [3.63, 3.8) is 0 Å². The van der Waals surface area contributed by atoms with Gasteiger partial charge in [-0.05, 0) is 23.3 Å². The molecule has 0 unspecified atom stereocenters. The molecule has 0 saturated carbocycles. The van der Waals surface area contributed by atoms with Crippen LogP contribution in [0.5, 0.6) is 0 Å². The van der Waals surface area contributed by atoms with E-state index in [0.29, 0.717) is 0 Å². The minimum absolute atomic E-state index is 0.739. The Hall–Kier alpha value is -2.26. The van der Waals surface area contributed by atoms with Crippen LogP contribution in [-0.4, -0.2) is 9.55 Å². The fraction of sp³-hybridized carbons (Fsp3) is 0.118. The molecule has 0 bridgehead atoms. The molecule has 4 heteroatoms. The maximum absolute atomic E-state index is 5.93. The molecule has 0 spiro atoms. The van der Waals surface area contributed by atoms with Crippen molar-refractivity contribution in [2.75, 3.05) is 5.32 Å². The van der Waals surface area contributed by atoms with Crippen LogP contribution in [0.4, 0.5) is 5.95 Å². The van der Waals surface area contributed by atoms with E-state index in [4.69, 9.17) is 11.6 Å². The van der Waals surface area contributed by atoms with Crippen molar-refractivity contribution < 1.29 is 0 Å². The minimum atomic E-state index is 0.739. The van der Waals surface area contributed by atoms with Gasteiger partial charge < -0.3 is 9.88 Å². The standard InChI is InChI=1S/C17H16ClN3/c1-21-16(14-7-9-15(18)10-8-14)12-20-17(21)19-11-13-5-3-2-4-6-13/h2-10,12H,11H2,1H3,(H,19,20). The van der Waals surface area contributed by atoms with Gasteiger partial charge in [0.25, 0.3) is 0 Å². The molecule has 1 heterocycles. The maximum atomic E-state index is 5.93. The summed E-state index contributed by atoms with van der Waals surface area (Å²) < 4.78 is 2.05. The van der Waals surface area contributed by atoms with Crippen molar-refractivity contribution in [3.05, 3.63) is 71.4 Å². The van der Waals surface area contributed by atoms with Crippen LogP contribution in [0, 0.1) is 0 Å². The van der Waals surface area contributed by atoms with Crippen LogP contribution in [0.1, 0.15) is 5.56 Å². The monoisotopic (exact) mass is 297 g/mol. The second-order valence-corrected chi connectivity index (χ2v) is 5.31. The first-order valence-electron chi connectivity index (χ1n) is 6.79. The number of nitrogens with zero attached hydrogens (tertiary/aromatic N) is 2. The van der Waals surface area contributed by atoms with Gasteiger partial charge in [0.1, 0.15) is 0 Å². The van der Waals surface area contributed by atoms with Crippen molar-refractivity contribution in [2.24, 2.45) is 7.05 Å². The van der Waals surface area contributed by atoms with Crippen LogP contribution in [0.25, 0.3) is 11.3 Å². The number of hydrogen-bond acceptors (Lipinski definition) is 2. The third-order valence-electron chi connectivity index (χ3n) is 3.42. The molecule has 3 aromatic rings. The number of aromatic nitrogens is 2. The van der Waals surface area contributed by atoms with Gasteiger partial charge in [0, 0.05) is 18.6 Å². The van der Waals surface area contributed by atoms with Gasteiger partial charge in [-0.2, -0.15) is 0 Å². The van der Waals surface area contributed by atoms with E-state index in [-0.39, 0.29) is 0 Å². The Balaban J connectivity index is 1.78. The average molecular weight is 298 g/mol. The van der Waals surface area contributed by atoms with Crippen molar-refractivity contribution in [2.45, 2.75) is 6.54 Å². The molecular formula is C17H16ClN3. The van der Waals surface area contributed by atoms with E-state index in [1.54, 1.807) is 0 Å². The Kier molecular flexibility index (Phi) is 3.93. The molecule has 2 aromatic carbocycles. The predicted molar refractivity (Wildman–Crippen MR) is 87.4 cm³/mol. The van der Waals surface area contributed by atoms with Gasteiger partial charge in [-0.1, -0.05) is 54.1 Å². The summed E-state index contributed by atoms with van der Waals surface area (Å²) in [6, 6.07) is 18.1. The molecule has 0 radical (unpaired) electrons. The first-order chi connectivity index (χ1) is 10.2. The second-order valence-electron chi connectivity index (χ2n) is 4.87. The molecule has 0 atom stereocenters. The topological polar surface area (TPSA) is 29.9 Å². The Morgan fingerprint density at radius 2 is 1.76 bits per heavy atom. The highest BCUT2D eigenvalue weighted by Crippen LogP contribution is 2.23. The summed E-state index contributed by atoms with van der Waals surface area (Å²) in [6.07, 6.45) is 1.87. The zero-order valence-electron chi connectivity index (χ0n) is 11.8. The van der Waals surface area contributed by atoms with Crippen molar-refractivity contribution in [1.29, 1.82) is 0 Å². The summed E-state index contributed by atoms with van der Waals surface area (Å²) in [5.74, 6) is 0.851. The van der Waals surface area contributed by atoms with E-state index in [9.17, 15) is 0 Å². The van der Waals surface area contributed by atoms with Gasteiger partial charge in [0.15, 0.2) is 0 Å². The largest absolute Gasteiger partial charge is 0.352 e. The number of rotatable bonds is 4. The number of nitrogens with one attached hydrogen (secondary N) is 1. The summed E-state index contributed by atoms with van der Waals surface area (Å²) in [6.45, 7) is 0.756. The molecule has 106 valence electrons. The predicted octanol–water partition coefficient (Wildman–Crippen LogP) is 4.35. The van der Waals surface area contributed by atoms with Gasteiger partial charge in [-0.25, -0.2) is 4.98 Å². The molecule has 0 aliphatic rings. The molecule has 1 aromatic heterocycles. The van der Waals surface area contributed by atoms with Gasteiger partial charge in [0.05, 0.1) is 11.9 Å². The Morgan fingerprint density at radius 1 is 1.05 bits per heavy atom. The number of imidazole rings is 1. The molecule has 3 rings (SSSR count). The Labute approximate surface area is 129 Å². The Bertz CT molecular complexity index is 718. The summed E-state index contributed by atoms with van der Waals surface area (Å²) in [5.41, 5.74) is 3.39. The third-order valence-corrected chi connectivity index (χ3v) is 3.67. The SMILES string of the molecule is Cn1c(-c2ccc(Cl)cc2)cnc1NCc1ccccc1. The van der Waals surface area contributed by atoms with Crippen molar-refractivity contribution in [3.8, 4) is 11.3 Å². The van der Waals surface area contributed by atoms with Crippen molar-refractivity contribution in [1.82, 2.24) is 9.55 Å². The normalized spacial score (nSPS) is 10.6. The van der Waals surface area contributed by atoms with E-state index in [0.717, 1.165) is 28.8 Å². The van der Waals surface area contributed by atoms with E-state index < -0.39 is 0 Å². The smallest absolute Gasteiger partial charge is 0.203 e. The third kappa shape index (κ3) is 3.09. The first kappa shape index (κ1) is 13.7. The highest BCUT2D eigenvalue weighted by Gasteiger charge is 2.08. The fourth-order valence-electron chi connectivity index (χ4n) is 2.24. The van der Waals surface area contributed by atoms with Crippen LogP contribution < -0.4 is 5.32 Å². The molecule has 0 saturated heterocycles. The molecule has 0 aliphatic heterocycles. The summed E-state index contributed by atoms with van der Waals surface area (Å²) in [4.78, 5) is 4.45. The number of halogens is 1. The molecule has 0 aliphatic carbocycles. The number of hydrogen-bond donors (Lipinski definition) is 1. The molecule has 3 nitrogen and oxygen atoms in total. The molecule has 1 N–H and O–H groups in total. The average Bonchev–Trinajstić information content (AvgIpc) is 2.88. The summed E-state index contributed by atoms with van der Waals surface area (Å²) >= 11 is 5.93. The van der Waals surface area contributed by atoms with E-state index >= 15 is 0 Å². The van der Waals surface area contributed by atoms with E-state index in [1.807, 2.05) is 60.3 Å². The lowest BCUT2D eigenvalue weighted by Gasteiger charge is -2.08. The summed E-state index contributed by atoms with van der Waals surface area (Å²) in [5, 5.41) is 4.10. The van der Waals surface area contributed by atoms with Gasteiger partial charge >= 0.3 is 0 Å². The molecule has 0 fully saturated rings.